The van der Waals surface area contributed by atoms with Crippen molar-refractivity contribution in [1.82, 2.24) is 4.90 Å². The third-order valence-corrected chi connectivity index (χ3v) is 6.07. The van der Waals surface area contributed by atoms with Gasteiger partial charge in [-0.2, -0.15) is 0 Å². The standard InChI is InChI=1S/C19H20FNO4S/c20-16-7-4-8-18(11-16)25-13-19(22)21(12-15-5-2-1-3-6-15)17-9-10-26(23,24)14-17/h1-8,11,17H,9-10,12-14H2. The molecule has 0 aliphatic carbocycles. The summed E-state index contributed by atoms with van der Waals surface area (Å²) >= 11 is 0. The van der Waals surface area contributed by atoms with E-state index in [9.17, 15) is 17.6 Å². The van der Waals surface area contributed by atoms with E-state index in [4.69, 9.17) is 4.74 Å². The summed E-state index contributed by atoms with van der Waals surface area (Å²) in [5.41, 5.74) is 0.913. The van der Waals surface area contributed by atoms with Crippen molar-refractivity contribution in [1.29, 1.82) is 0 Å². The topological polar surface area (TPSA) is 63.7 Å². The summed E-state index contributed by atoms with van der Waals surface area (Å²) in [7, 11) is -3.12. The number of halogens is 1. The Balaban J connectivity index is 1.72. The Labute approximate surface area is 152 Å². The highest BCUT2D eigenvalue weighted by molar-refractivity contribution is 7.91. The Kier molecular flexibility index (Phi) is 5.56. The molecule has 0 N–H and O–H groups in total. The van der Waals surface area contributed by atoms with Gasteiger partial charge in [0.15, 0.2) is 16.4 Å². The normalized spacial score (nSPS) is 18.4. The van der Waals surface area contributed by atoms with Crippen molar-refractivity contribution < 1.29 is 22.3 Å². The van der Waals surface area contributed by atoms with Gasteiger partial charge in [-0.25, -0.2) is 12.8 Å². The highest BCUT2D eigenvalue weighted by atomic mass is 32.2. The predicted octanol–water partition coefficient (Wildman–Crippen LogP) is 2.42. The van der Waals surface area contributed by atoms with Crippen LogP contribution in [0.1, 0.15) is 12.0 Å². The number of hydrogen-bond acceptors (Lipinski definition) is 4. The molecule has 1 aliphatic rings. The third kappa shape index (κ3) is 4.82. The average Bonchev–Trinajstić information content (AvgIpc) is 2.98. The minimum Gasteiger partial charge on any atom is -0.484 e. The zero-order chi connectivity index (χ0) is 18.6. The molecule has 2 aromatic rings. The van der Waals surface area contributed by atoms with Gasteiger partial charge < -0.3 is 9.64 Å². The number of benzene rings is 2. The number of nitrogens with zero attached hydrogens (tertiary/aromatic N) is 1. The monoisotopic (exact) mass is 377 g/mol. The lowest BCUT2D eigenvalue weighted by Gasteiger charge is -2.28. The van der Waals surface area contributed by atoms with Gasteiger partial charge in [-0.15, -0.1) is 0 Å². The lowest BCUT2D eigenvalue weighted by molar-refractivity contribution is -0.136. The van der Waals surface area contributed by atoms with Crippen molar-refractivity contribution in [2.75, 3.05) is 18.1 Å². The molecule has 7 heteroatoms. The quantitative estimate of drug-likeness (QED) is 0.776. The third-order valence-electron chi connectivity index (χ3n) is 4.32. The first-order chi connectivity index (χ1) is 12.4. The zero-order valence-corrected chi connectivity index (χ0v) is 15.0. The molecule has 1 amide bonds. The highest BCUT2D eigenvalue weighted by Gasteiger charge is 2.34. The zero-order valence-electron chi connectivity index (χ0n) is 14.2. The molecule has 5 nitrogen and oxygen atoms in total. The van der Waals surface area contributed by atoms with Gasteiger partial charge in [0.25, 0.3) is 5.91 Å². The fraction of sp³-hybridized carbons (Fsp3) is 0.316. The van der Waals surface area contributed by atoms with Crippen LogP contribution in [0.15, 0.2) is 54.6 Å². The molecule has 0 radical (unpaired) electrons. The van der Waals surface area contributed by atoms with Gasteiger partial charge in [-0.1, -0.05) is 36.4 Å². The lowest BCUT2D eigenvalue weighted by Crippen LogP contribution is -2.43. The van der Waals surface area contributed by atoms with Crippen LogP contribution in [0, 0.1) is 5.82 Å². The Morgan fingerprint density at radius 2 is 1.92 bits per heavy atom. The molecule has 1 unspecified atom stereocenters. The molecule has 2 aromatic carbocycles. The van der Waals surface area contributed by atoms with E-state index in [1.165, 1.54) is 18.2 Å². The average molecular weight is 377 g/mol. The lowest BCUT2D eigenvalue weighted by atomic mass is 10.1. The van der Waals surface area contributed by atoms with Crippen LogP contribution in [0.3, 0.4) is 0 Å². The van der Waals surface area contributed by atoms with Gasteiger partial charge in [0, 0.05) is 18.7 Å². The van der Waals surface area contributed by atoms with Crippen molar-refractivity contribution in [3.8, 4) is 5.75 Å². The molecule has 1 atom stereocenters. The summed E-state index contributed by atoms with van der Waals surface area (Å²) in [4.78, 5) is 14.3. The smallest absolute Gasteiger partial charge is 0.261 e. The van der Waals surface area contributed by atoms with E-state index in [1.54, 1.807) is 11.0 Å². The van der Waals surface area contributed by atoms with Crippen LogP contribution in [-0.2, 0) is 21.2 Å². The van der Waals surface area contributed by atoms with Crippen LogP contribution in [-0.4, -0.2) is 43.4 Å². The molecular weight excluding hydrogens is 357 g/mol. The summed E-state index contributed by atoms with van der Waals surface area (Å²) < 4.78 is 42.3. The second kappa shape index (κ2) is 7.86. The van der Waals surface area contributed by atoms with Crippen molar-refractivity contribution >= 4 is 15.7 Å². The number of amides is 1. The first kappa shape index (κ1) is 18.4. The fourth-order valence-corrected chi connectivity index (χ4v) is 4.74. The van der Waals surface area contributed by atoms with Gasteiger partial charge in [0.05, 0.1) is 11.5 Å². The maximum atomic E-state index is 13.2. The Morgan fingerprint density at radius 3 is 2.58 bits per heavy atom. The largest absolute Gasteiger partial charge is 0.484 e. The van der Waals surface area contributed by atoms with E-state index in [2.05, 4.69) is 0 Å². The summed E-state index contributed by atoms with van der Waals surface area (Å²) in [5.74, 6) is -0.456. The van der Waals surface area contributed by atoms with E-state index in [0.29, 0.717) is 13.0 Å². The van der Waals surface area contributed by atoms with E-state index < -0.39 is 15.7 Å². The van der Waals surface area contributed by atoms with Crippen LogP contribution in [0.2, 0.25) is 0 Å². The molecular formula is C19H20FNO4S. The Morgan fingerprint density at radius 1 is 1.15 bits per heavy atom. The molecule has 26 heavy (non-hydrogen) atoms. The number of sulfone groups is 1. The predicted molar refractivity (Wildman–Crippen MR) is 95.9 cm³/mol. The van der Waals surface area contributed by atoms with E-state index in [0.717, 1.165) is 5.56 Å². The first-order valence-electron chi connectivity index (χ1n) is 8.35. The minimum atomic E-state index is -3.12. The molecule has 138 valence electrons. The second-order valence-corrected chi connectivity index (χ2v) is 8.54. The van der Waals surface area contributed by atoms with Gasteiger partial charge >= 0.3 is 0 Å². The van der Waals surface area contributed by atoms with Crippen molar-refractivity contribution in [2.24, 2.45) is 0 Å². The van der Waals surface area contributed by atoms with Gasteiger partial charge in [0.1, 0.15) is 11.6 Å². The van der Waals surface area contributed by atoms with Crippen LogP contribution in [0.4, 0.5) is 4.39 Å². The van der Waals surface area contributed by atoms with Crippen LogP contribution in [0.5, 0.6) is 5.75 Å². The molecule has 1 fully saturated rings. The summed E-state index contributed by atoms with van der Waals surface area (Å²) in [6.45, 7) is 0.0409. The second-order valence-electron chi connectivity index (χ2n) is 6.31. The molecule has 0 saturated carbocycles. The minimum absolute atomic E-state index is 0.0362. The number of rotatable bonds is 6. The van der Waals surface area contributed by atoms with E-state index in [-0.39, 0.29) is 35.8 Å². The van der Waals surface area contributed by atoms with Crippen LogP contribution < -0.4 is 4.74 Å². The number of ether oxygens (including phenoxy) is 1. The van der Waals surface area contributed by atoms with Crippen LogP contribution >= 0.6 is 0 Å². The van der Waals surface area contributed by atoms with Gasteiger partial charge in [-0.3, -0.25) is 4.79 Å². The van der Waals surface area contributed by atoms with E-state index >= 15 is 0 Å². The summed E-state index contributed by atoms with van der Waals surface area (Å²) in [5, 5.41) is 0. The van der Waals surface area contributed by atoms with Crippen molar-refractivity contribution in [2.45, 2.75) is 19.0 Å². The van der Waals surface area contributed by atoms with E-state index in [1.807, 2.05) is 30.3 Å². The number of carbonyl (C=O) groups excluding carboxylic acids is 1. The fourth-order valence-electron chi connectivity index (χ4n) is 3.01. The molecule has 3 rings (SSSR count). The van der Waals surface area contributed by atoms with Gasteiger partial charge in [0.2, 0.25) is 0 Å². The van der Waals surface area contributed by atoms with Crippen molar-refractivity contribution in [3.63, 3.8) is 0 Å². The Hall–Kier alpha value is -2.41. The molecule has 1 saturated heterocycles. The maximum absolute atomic E-state index is 13.2. The first-order valence-corrected chi connectivity index (χ1v) is 10.2. The maximum Gasteiger partial charge on any atom is 0.261 e. The summed E-state index contributed by atoms with van der Waals surface area (Å²) in [6, 6.07) is 14.6. The SMILES string of the molecule is O=C(COc1cccc(F)c1)N(Cc1ccccc1)C1CCS(=O)(=O)C1. The molecule has 0 bridgehead atoms. The Bertz CT molecular complexity index is 870. The number of carbonyl (C=O) groups is 1. The van der Waals surface area contributed by atoms with Crippen molar-refractivity contribution in [3.05, 3.63) is 66.0 Å². The van der Waals surface area contributed by atoms with Gasteiger partial charge in [-0.05, 0) is 24.1 Å². The summed E-state index contributed by atoms with van der Waals surface area (Å²) in [6.07, 6.45) is 0.418. The molecule has 0 spiro atoms. The highest BCUT2D eigenvalue weighted by Crippen LogP contribution is 2.21. The number of hydrogen-bond donors (Lipinski definition) is 0. The molecule has 1 aliphatic heterocycles. The molecule has 0 aromatic heterocycles. The molecule has 1 heterocycles. The van der Waals surface area contributed by atoms with Crippen LogP contribution in [0.25, 0.3) is 0 Å².